The molecule has 2 amide bonds. The van der Waals surface area contributed by atoms with Gasteiger partial charge in [-0.3, -0.25) is 9.59 Å². The van der Waals surface area contributed by atoms with Crippen molar-refractivity contribution in [1.82, 2.24) is 9.80 Å². The minimum Gasteiger partial charge on any atom is -0.343 e. The second-order valence-electron chi connectivity index (χ2n) is 8.86. The molecule has 0 unspecified atom stereocenters. The molecule has 152 valence electrons. The van der Waals surface area contributed by atoms with E-state index >= 15 is 0 Å². The molecule has 1 aromatic heterocycles. The van der Waals surface area contributed by atoms with E-state index in [1.807, 2.05) is 21.7 Å². The third-order valence-corrected chi connectivity index (χ3v) is 7.95. The van der Waals surface area contributed by atoms with Crippen LogP contribution in [0.4, 0.5) is 0 Å². The molecular formula is C24H28N2O2S. The van der Waals surface area contributed by atoms with Crippen LogP contribution in [0.25, 0.3) is 0 Å². The van der Waals surface area contributed by atoms with E-state index < -0.39 is 0 Å². The van der Waals surface area contributed by atoms with Crippen LogP contribution in [0, 0.1) is 0 Å². The highest BCUT2D eigenvalue weighted by atomic mass is 32.1. The predicted octanol–water partition coefficient (Wildman–Crippen LogP) is 4.42. The average Bonchev–Trinajstić information content (AvgIpc) is 3.51. The minimum absolute atomic E-state index is 0.123. The number of piperidine rings is 1. The molecule has 0 bridgehead atoms. The first-order valence-electron chi connectivity index (χ1n) is 10.8. The Kier molecular flexibility index (Phi) is 4.94. The standard InChI is InChI=1S/C24H28N2O2S/c27-22(25-10-3-4-11-25)15-19-16-24(21-6-2-1-5-20(19)21)8-12-26(13-9-24)23(28)18-7-14-29-17-18/h1-2,5-7,14,17,19H,3-4,8-13,15-16H2/t19-/m1/s1. The number of likely N-dealkylation sites (tertiary alicyclic amines) is 2. The van der Waals surface area contributed by atoms with Gasteiger partial charge in [-0.1, -0.05) is 24.3 Å². The van der Waals surface area contributed by atoms with Crippen LogP contribution in [-0.4, -0.2) is 47.8 Å². The summed E-state index contributed by atoms with van der Waals surface area (Å²) in [5, 5.41) is 3.91. The second-order valence-corrected chi connectivity index (χ2v) is 9.64. The van der Waals surface area contributed by atoms with Crippen LogP contribution in [0.3, 0.4) is 0 Å². The number of benzene rings is 1. The first-order valence-corrected chi connectivity index (χ1v) is 11.8. The number of carbonyl (C=O) groups is 2. The van der Waals surface area contributed by atoms with Gasteiger partial charge in [-0.15, -0.1) is 0 Å². The Bertz CT molecular complexity index is 893. The number of fused-ring (bicyclic) bond motifs is 2. The molecule has 5 heteroatoms. The van der Waals surface area contributed by atoms with Gasteiger partial charge >= 0.3 is 0 Å². The van der Waals surface area contributed by atoms with Gasteiger partial charge in [0, 0.05) is 38.0 Å². The average molecular weight is 409 g/mol. The van der Waals surface area contributed by atoms with Crippen molar-refractivity contribution in [3.05, 3.63) is 57.8 Å². The van der Waals surface area contributed by atoms with Gasteiger partial charge in [-0.05, 0) is 66.0 Å². The fraction of sp³-hybridized carbons (Fsp3) is 0.500. The molecular weight excluding hydrogens is 380 g/mol. The van der Waals surface area contributed by atoms with Gasteiger partial charge < -0.3 is 9.80 Å². The normalized spacial score (nSPS) is 22.8. The number of carbonyl (C=O) groups excluding carboxylic acids is 2. The molecule has 0 N–H and O–H groups in total. The largest absolute Gasteiger partial charge is 0.343 e. The second kappa shape index (κ2) is 7.60. The summed E-state index contributed by atoms with van der Waals surface area (Å²) in [6, 6.07) is 10.7. The van der Waals surface area contributed by atoms with Crippen molar-refractivity contribution in [2.75, 3.05) is 26.2 Å². The van der Waals surface area contributed by atoms with E-state index in [9.17, 15) is 9.59 Å². The van der Waals surface area contributed by atoms with E-state index in [-0.39, 0.29) is 11.3 Å². The Balaban J connectivity index is 1.32. The van der Waals surface area contributed by atoms with Gasteiger partial charge in [0.15, 0.2) is 0 Å². The van der Waals surface area contributed by atoms with E-state index in [0.29, 0.717) is 18.2 Å². The summed E-state index contributed by atoms with van der Waals surface area (Å²) >= 11 is 1.57. The lowest BCUT2D eigenvalue weighted by molar-refractivity contribution is -0.130. The summed E-state index contributed by atoms with van der Waals surface area (Å²) in [5.74, 6) is 0.802. The molecule has 0 saturated carbocycles. The Morgan fingerprint density at radius 3 is 2.48 bits per heavy atom. The summed E-state index contributed by atoms with van der Waals surface area (Å²) < 4.78 is 0. The molecule has 1 spiro atoms. The maximum absolute atomic E-state index is 12.8. The molecule has 1 aromatic carbocycles. The van der Waals surface area contributed by atoms with Crippen LogP contribution in [0.1, 0.15) is 65.9 Å². The maximum Gasteiger partial charge on any atom is 0.254 e. The molecule has 4 nitrogen and oxygen atoms in total. The Labute approximate surface area is 176 Å². The van der Waals surface area contributed by atoms with Gasteiger partial charge in [0.2, 0.25) is 5.91 Å². The minimum atomic E-state index is 0.123. The number of nitrogens with zero attached hydrogens (tertiary/aromatic N) is 2. The molecule has 2 saturated heterocycles. The third-order valence-electron chi connectivity index (χ3n) is 7.26. The van der Waals surface area contributed by atoms with Crippen LogP contribution in [0.5, 0.6) is 0 Å². The van der Waals surface area contributed by atoms with E-state index in [1.165, 1.54) is 11.1 Å². The van der Waals surface area contributed by atoms with Gasteiger partial charge in [0.25, 0.3) is 5.91 Å². The molecule has 2 aliphatic heterocycles. The summed E-state index contributed by atoms with van der Waals surface area (Å²) in [6.07, 6.45) is 5.96. The monoisotopic (exact) mass is 408 g/mol. The Morgan fingerprint density at radius 2 is 1.76 bits per heavy atom. The van der Waals surface area contributed by atoms with Crippen molar-refractivity contribution in [3.8, 4) is 0 Å². The molecule has 1 aliphatic carbocycles. The highest BCUT2D eigenvalue weighted by molar-refractivity contribution is 7.08. The SMILES string of the molecule is O=C(C[C@@H]1CC2(CCN(C(=O)c3ccsc3)CC2)c2ccccc21)N1CCCC1. The summed E-state index contributed by atoms with van der Waals surface area (Å²) in [7, 11) is 0. The van der Waals surface area contributed by atoms with Crippen LogP contribution in [-0.2, 0) is 10.2 Å². The lowest BCUT2D eigenvalue weighted by atomic mass is 9.73. The number of amides is 2. The van der Waals surface area contributed by atoms with E-state index in [1.54, 1.807) is 11.3 Å². The van der Waals surface area contributed by atoms with Crippen LogP contribution in [0.2, 0.25) is 0 Å². The third kappa shape index (κ3) is 3.39. The molecule has 0 radical (unpaired) electrons. The number of hydrogen-bond acceptors (Lipinski definition) is 3. The fourth-order valence-electron chi connectivity index (χ4n) is 5.70. The molecule has 3 aliphatic rings. The number of hydrogen-bond donors (Lipinski definition) is 0. The van der Waals surface area contributed by atoms with Gasteiger partial charge in [-0.25, -0.2) is 0 Å². The van der Waals surface area contributed by atoms with Crippen molar-refractivity contribution in [2.24, 2.45) is 0 Å². The highest BCUT2D eigenvalue weighted by Crippen LogP contribution is 2.52. The van der Waals surface area contributed by atoms with E-state index in [4.69, 9.17) is 0 Å². The first kappa shape index (κ1) is 18.9. The maximum atomic E-state index is 12.8. The highest BCUT2D eigenvalue weighted by Gasteiger charge is 2.46. The molecule has 3 heterocycles. The van der Waals surface area contributed by atoms with Crippen molar-refractivity contribution in [3.63, 3.8) is 0 Å². The van der Waals surface area contributed by atoms with Crippen LogP contribution < -0.4 is 0 Å². The molecule has 2 fully saturated rings. The van der Waals surface area contributed by atoms with Gasteiger partial charge in [-0.2, -0.15) is 11.3 Å². The summed E-state index contributed by atoms with van der Waals surface area (Å²) in [4.78, 5) is 29.6. The molecule has 29 heavy (non-hydrogen) atoms. The zero-order chi connectivity index (χ0) is 19.8. The van der Waals surface area contributed by atoms with E-state index in [0.717, 1.165) is 63.8 Å². The van der Waals surface area contributed by atoms with Crippen LogP contribution >= 0.6 is 11.3 Å². The lowest BCUT2D eigenvalue weighted by Gasteiger charge is -2.40. The predicted molar refractivity (Wildman–Crippen MR) is 115 cm³/mol. The van der Waals surface area contributed by atoms with Gasteiger partial charge in [0.05, 0.1) is 5.56 Å². The Morgan fingerprint density at radius 1 is 1.00 bits per heavy atom. The van der Waals surface area contributed by atoms with Gasteiger partial charge in [0.1, 0.15) is 0 Å². The Hall–Kier alpha value is -2.14. The van der Waals surface area contributed by atoms with Crippen molar-refractivity contribution < 1.29 is 9.59 Å². The lowest BCUT2D eigenvalue weighted by Crippen LogP contribution is -2.44. The van der Waals surface area contributed by atoms with Crippen molar-refractivity contribution in [1.29, 1.82) is 0 Å². The molecule has 2 aromatic rings. The number of thiophene rings is 1. The molecule has 1 atom stereocenters. The molecule has 5 rings (SSSR count). The summed E-state index contributed by atoms with van der Waals surface area (Å²) in [6.45, 7) is 3.46. The quantitative estimate of drug-likeness (QED) is 0.754. The first-order chi connectivity index (χ1) is 14.2. The van der Waals surface area contributed by atoms with Crippen LogP contribution in [0.15, 0.2) is 41.1 Å². The van der Waals surface area contributed by atoms with Crippen molar-refractivity contribution in [2.45, 2.75) is 49.9 Å². The van der Waals surface area contributed by atoms with Crippen molar-refractivity contribution >= 4 is 23.2 Å². The smallest absolute Gasteiger partial charge is 0.254 e. The number of rotatable bonds is 3. The zero-order valence-corrected chi connectivity index (χ0v) is 17.6. The fourth-order valence-corrected chi connectivity index (χ4v) is 6.33. The van der Waals surface area contributed by atoms with E-state index in [2.05, 4.69) is 29.2 Å². The topological polar surface area (TPSA) is 40.6 Å². The summed E-state index contributed by atoms with van der Waals surface area (Å²) in [5.41, 5.74) is 3.74. The zero-order valence-electron chi connectivity index (χ0n) is 16.8.